The summed E-state index contributed by atoms with van der Waals surface area (Å²) in [6, 6.07) is 0. The highest BCUT2D eigenvalue weighted by Crippen LogP contribution is 2.07. The predicted octanol–water partition coefficient (Wildman–Crippen LogP) is 0.318. The molecule has 0 saturated carbocycles. The van der Waals surface area contributed by atoms with Gasteiger partial charge >= 0.3 is 5.97 Å². The lowest BCUT2D eigenvalue weighted by molar-refractivity contribution is -0.136. The van der Waals surface area contributed by atoms with Crippen molar-refractivity contribution >= 4 is 15.8 Å². The van der Waals surface area contributed by atoms with Crippen LogP contribution in [0.4, 0.5) is 0 Å². The number of sulfone groups is 1. The van der Waals surface area contributed by atoms with Gasteiger partial charge in [-0.15, -0.1) is 0 Å². The van der Waals surface area contributed by atoms with E-state index in [1.54, 1.807) is 7.11 Å². The molecule has 0 aromatic heterocycles. The van der Waals surface area contributed by atoms with Crippen molar-refractivity contribution in [2.45, 2.75) is 25.0 Å². The van der Waals surface area contributed by atoms with Gasteiger partial charge in [0, 0.05) is 20.3 Å². The molecule has 0 bridgehead atoms. The second-order valence-corrected chi connectivity index (χ2v) is 5.86. The molecule has 0 aromatic rings. The van der Waals surface area contributed by atoms with Crippen LogP contribution in [0.25, 0.3) is 0 Å². The van der Waals surface area contributed by atoms with E-state index in [-0.39, 0.29) is 18.8 Å². The third kappa shape index (κ3) is 6.60. The maximum atomic E-state index is 11.6. The van der Waals surface area contributed by atoms with Gasteiger partial charge in [-0.05, 0) is 12.8 Å². The topological polar surface area (TPSA) is 89.9 Å². The third-order valence-electron chi connectivity index (χ3n) is 2.23. The van der Waals surface area contributed by atoms with Crippen molar-refractivity contribution in [3.05, 3.63) is 0 Å². The Bertz CT molecular complexity index is 311. The molecular weight excluding hydrogens is 248 g/mol. The van der Waals surface area contributed by atoms with Crippen LogP contribution < -0.4 is 0 Å². The minimum absolute atomic E-state index is 0.0236. The van der Waals surface area contributed by atoms with Crippen LogP contribution in [0.5, 0.6) is 0 Å². The van der Waals surface area contributed by atoms with Crippen molar-refractivity contribution in [2.75, 3.05) is 32.7 Å². The number of carboxylic acid groups (broad SMARTS) is 1. The highest BCUT2D eigenvalue weighted by molar-refractivity contribution is 7.92. The average Bonchev–Trinajstić information content (AvgIpc) is 2.23. The highest BCUT2D eigenvalue weighted by Gasteiger charge is 2.30. The Morgan fingerprint density at radius 3 is 2.41 bits per heavy atom. The Balaban J connectivity index is 3.97. The summed E-state index contributed by atoms with van der Waals surface area (Å²) in [5.74, 6) is -1.56. The van der Waals surface area contributed by atoms with E-state index >= 15 is 0 Å². The quantitative estimate of drug-likeness (QED) is 0.574. The molecule has 0 amide bonds. The fourth-order valence-electron chi connectivity index (χ4n) is 1.31. The lowest BCUT2D eigenvalue weighted by Gasteiger charge is -2.11. The van der Waals surface area contributed by atoms with Gasteiger partial charge in [-0.3, -0.25) is 4.79 Å². The maximum Gasteiger partial charge on any atom is 0.321 e. The van der Waals surface area contributed by atoms with Crippen molar-refractivity contribution in [3.8, 4) is 0 Å². The second kappa shape index (κ2) is 8.43. The molecule has 0 spiro atoms. The van der Waals surface area contributed by atoms with Crippen molar-refractivity contribution in [1.29, 1.82) is 0 Å². The molecular formula is C10H20O6S. The van der Waals surface area contributed by atoms with Crippen LogP contribution in [-0.2, 0) is 24.1 Å². The zero-order chi connectivity index (χ0) is 13.3. The van der Waals surface area contributed by atoms with Crippen molar-refractivity contribution in [2.24, 2.45) is 0 Å². The number of rotatable bonds is 10. The lowest BCUT2D eigenvalue weighted by atomic mass is 10.3. The number of carbonyl (C=O) groups is 1. The van der Waals surface area contributed by atoms with E-state index in [9.17, 15) is 13.2 Å². The zero-order valence-corrected chi connectivity index (χ0v) is 11.0. The number of aliphatic carboxylic acids is 1. The molecule has 0 saturated heterocycles. The van der Waals surface area contributed by atoms with Gasteiger partial charge in [0.15, 0.2) is 15.1 Å². The molecule has 6 nitrogen and oxygen atoms in total. The molecule has 0 radical (unpaired) electrons. The minimum Gasteiger partial charge on any atom is -0.480 e. The molecule has 0 aliphatic carbocycles. The van der Waals surface area contributed by atoms with Crippen LogP contribution in [0.3, 0.4) is 0 Å². The Labute approximate surface area is 102 Å². The van der Waals surface area contributed by atoms with Gasteiger partial charge in [-0.1, -0.05) is 6.92 Å². The molecule has 0 rings (SSSR count). The second-order valence-electron chi connectivity index (χ2n) is 3.56. The van der Waals surface area contributed by atoms with Gasteiger partial charge in [-0.2, -0.15) is 0 Å². The minimum atomic E-state index is -3.62. The number of methoxy groups -OCH3 is 1. The Hall–Kier alpha value is -0.660. The highest BCUT2D eigenvalue weighted by atomic mass is 32.2. The monoisotopic (exact) mass is 268 g/mol. The Morgan fingerprint density at radius 2 is 1.94 bits per heavy atom. The van der Waals surface area contributed by atoms with Crippen molar-refractivity contribution < 1.29 is 27.8 Å². The molecule has 0 aliphatic rings. The summed E-state index contributed by atoms with van der Waals surface area (Å²) in [6.07, 6.45) is 0.758. The van der Waals surface area contributed by atoms with Crippen molar-refractivity contribution in [3.63, 3.8) is 0 Å². The van der Waals surface area contributed by atoms with E-state index in [2.05, 4.69) is 0 Å². The first kappa shape index (κ1) is 16.3. The lowest BCUT2D eigenvalue weighted by Crippen LogP contribution is -2.32. The summed E-state index contributed by atoms with van der Waals surface area (Å²) in [6.45, 7) is 2.53. The van der Waals surface area contributed by atoms with Crippen LogP contribution in [0.1, 0.15) is 19.8 Å². The van der Waals surface area contributed by atoms with E-state index in [1.807, 2.05) is 0 Å². The number of carboxylic acids is 1. The Kier molecular flexibility index (Phi) is 8.11. The van der Waals surface area contributed by atoms with Gasteiger partial charge in [-0.25, -0.2) is 8.42 Å². The average molecular weight is 268 g/mol. The molecule has 17 heavy (non-hydrogen) atoms. The van der Waals surface area contributed by atoms with E-state index < -0.39 is 21.1 Å². The maximum absolute atomic E-state index is 11.6. The smallest absolute Gasteiger partial charge is 0.321 e. The van der Waals surface area contributed by atoms with Crippen LogP contribution in [0.15, 0.2) is 0 Å². The van der Waals surface area contributed by atoms with Crippen molar-refractivity contribution in [1.82, 2.24) is 0 Å². The van der Waals surface area contributed by atoms with Gasteiger partial charge in [0.05, 0.1) is 12.4 Å². The summed E-state index contributed by atoms with van der Waals surface area (Å²) in [5, 5.41) is 7.42. The summed E-state index contributed by atoms with van der Waals surface area (Å²) in [4.78, 5) is 10.7. The predicted molar refractivity (Wildman–Crippen MR) is 62.8 cm³/mol. The molecule has 1 N–H and O–H groups in total. The van der Waals surface area contributed by atoms with Crippen LogP contribution in [0.2, 0.25) is 0 Å². The summed E-state index contributed by atoms with van der Waals surface area (Å²) < 4.78 is 33.1. The molecule has 0 fully saturated rings. The molecule has 1 unspecified atom stereocenters. The van der Waals surface area contributed by atoms with E-state index in [1.165, 1.54) is 6.92 Å². The molecule has 102 valence electrons. The van der Waals surface area contributed by atoms with E-state index in [0.717, 1.165) is 0 Å². The number of ether oxygens (including phenoxy) is 2. The fourth-order valence-corrected chi connectivity index (χ4v) is 2.76. The first-order valence-corrected chi connectivity index (χ1v) is 7.18. The molecule has 0 heterocycles. The molecule has 0 aromatic carbocycles. The molecule has 0 aliphatic heterocycles. The summed E-state index contributed by atoms with van der Waals surface area (Å²) in [7, 11) is -2.05. The zero-order valence-electron chi connectivity index (χ0n) is 10.2. The SMILES string of the molecule is CCC(C(=O)O)S(=O)(=O)CCOCCCOC. The first-order chi connectivity index (χ1) is 7.95. The van der Waals surface area contributed by atoms with Gasteiger partial charge < -0.3 is 14.6 Å². The first-order valence-electron chi connectivity index (χ1n) is 5.46. The number of hydrogen-bond donors (Lipinski definition) is 1. The molecule has 1 atom stereocenters. The van der Waals surface area contributed by atoms with Crippen LogP contribution in [-0.4, -0.2) is 57.4 Å². The van der Waals surface area contributed by atoms with Gasteiger partial charge in [0.2, 0.25) is 0 Å². The standard InChI is InChI=1S/C10H20O6S/c1-3-9(10(11)12)17(13,14)8-7-16-6-4-5-15-2/h9H,3-8H2,1-2H3,(H,11,12). The normalized spacial score (nSPS) is 13.5. The fraction of sp³-hybridized carbons (Fsp3) is 0.900. The number of hydrogen-bond acceptors (Lipinski definition) is 5. The summed E-state index contributed by atoms with van der Waals surface area (Å²) >= 11 is 0. The van der Waals surface area contributed by atoms with Gasteiger partial charge in [0.1, 0.15) is 0 Å². The molecule has 7 heteroatoms. The third-order valence-corrected chi connectivity index (χ3v) is 4.37. The largest absolute Gasteiger partial charge is 0.480 e. The van der Waals surface area contributed by atoms with Gasteiger partial charge in [0.25, 0.3) is 0 Å². The van der Waals surface area contributed by atoms with E-state index in [4.69, 9.17) is 14.6 Å². The van der Waals surface area contributed by atoms with E-state index in [0.29, 0.717) is 19.6 Å². The van der Waals surface area contributed by atoms with Crippen LogP contribution >= 0.6 is 0 Å². The Morgan fingerprint density at radius 1 is 1.29 bits per heavy atom. The van der Waals surface area contributed by atoms with Crippen LogP contribution in [0, 0.1) is 0 Å². The summed E-state index contributed by atoms with van der Waals surface area (Å²) in [5.41, 5.74) is 0.